The van der Waals surface area contributed by atoms with Gasteiger partial charge in [-0.1, -0.05) is 28.1 Å². The number of hydrogen-bond acceptors (Lipinski definition) is 3. The van der Waals surface area contributed by atoms with Crippen LogP contribution >= 0.6 is 15.9 Å². The molecule has 3 nitrogen and oxygen atoms in total. The van der Waals surface area contributed by atoms with Crippen LogP contribution < -0.4 is 4.74 Å². The number of phenolic OH excluding ortho intramolecular Hbond substituents is 1. The van der Waals surface area contributed by atoms with Crippen LogP contribution in [0.25, 0.3) is 0 Å². The molecule has 0 heterocycles. The second-order valence-corrected chi connectivity index (χ2v) is 3.23. The van der Waals surface area contributed by atoms with Gasteiger partial charge in [0.25, 0.3) is 0 Å². The summed E-state index contributed by atoms with van der Waals surface area (Å²) in [7, 11) is 0. The van der Waals surface area contributed by atoms with Crippen LogP contribution in [-0.4, -0.2) is 28.3 Å². The maximum absolute atomic E-state index is 9.28. The smallest absolute Gasteiger partial charge is 0.161 e. The van der Waals surface area contributed by atoms with Gasteiger partial charge in [0.15, 0.2) is 11.5 Å². The first-order valence-corrected chi connectivity index (χ1v) is 5.01. The molecule has 1 unspecified atom stereocenters. The Balaban J connectivity index is 2.50. The zero-order valence-corrected chi connectivity index (χ0v) is 8.57. The molecule has 1 aromatic rings. The normalized spacial score (nSPS) is 12.5. The third-order valence-electron chi connectivity index (χ3n) is 1.47. The fourth-order valence-corrected chi connectivity index (χ4v) is 0.997. The van der Waals surface area contributed by atoms with Crippen LogP contribution in [-0.2, 0) is 0 Å². The van der Waals surface area contributed by atoms with E-state index in [-0.39, 0.29) is 12.4 Å². The minimum Gasteiger partial charge on any atom is -0.504 e. The van der Waals surface area contributed by atoms with E-state index in [1.54, 1.807) is 18.2 Å². The summed E-state index contributed by atoms with van der Waals surface area (Å²) in [5.41, 5.74) is 0. The van der Waals surface area contributed by atoms with Crippen molar-refractivity contribution < 1.29 is 14.9 Å². The van der Waals surface area contributed by atoms with E-state index in [2.05, 4.69) is 15.9 Å². The summed E-state index contributed by atoms with van der Waals surface area (Å²) in [6, 6.07) is 6.66. The first-order valence-electron chi connectivity index (χ1n) is 3.89. The van der Waals surface area contributed by atoms with Crippen molar-refractivity contribution in [2.45, 2.75) is 6.10 Å². The van der Waals surface area contributed by atoms with E-state index in [4.69, 9.17) is 9.84 Å². The monoisotopic (exact) mass is 246 g/mol. The van der Waals surface area contributed by atoms with Crippen LogP contribution in [0.15, 0.2) is 24.3 Å². The van der Waals surface area contributed by atoms with Gasteiger partial charge in [0.05, 0.1) is 6.10 Å². The van der Waals surface area contributed by atoms with E-state index in [1.807, 2.05) is 0 Å². The second kappa shape index (κ2) is 5.09. The number of halogens is 1. The van der Waals surface area contributed by atoms with Crippen LogP contribution in [0.1, 0.15) is 0 Å². The molecule has 0 aliphatic rings. The third-order valence-corrected chi connectivity index (χ3v) is 2.22. The van der Waals surface area contributed by atoms with Crippen molar-refractivity contribution in [3.63, 3.8) is 0 Å². The molecule has 4 heteroatoms. The highest BCUT2D eigenvalue weighted by atomic mass is 79.9. The molecule has 0 radical (unpaired) electrons. The summed E-state index contributed by atoms with van der Waals surface area (Å²) in [5.74, 6) is 0.478. The van der Waals surface area contributed by atoms with E-state index in [1.165, 1.54) is 6.07 Å². The number of aromatic hydroxyl groups is 1. The standard InChI is InChI=1S/C9H11BrO3/c10-5-7(11)6-13-9-4-2-1-3-8(9)12/h1-4,7,11-12H,5-6H2. The highest BCUT2D eigenvalue weighted by molar-refractivity contribution is 9.09. The summed E-state index contributed by atoms with van der Waals surface area (Å²) < 4.78 is 5.16. The van der Waals surface area contributed by atoms with E-state index >= 15 is 0 Å². The van der Waals surface area contributed by atoms with Crippen molar-refractivity contribution in [3.8, 4) is 11.5 Å². The molecule has 0 fully saturated rings. The molecular weight excluding hydrogens is 236 g/mol. The van der Waals surface area contributed by atoms with E-state index in [0.29, 0.717) is 11.1 Å². The molecule has 1 rings (SSSR count). The van der Waals surface area contributed by atoms with Crippen LogP contribution in [0.3, 0.4) is 0 Å². The molecule has 0 aliphatic heterocycles. The first-order chi connectivity index (χ1) is 6.24. The largest absolute Gasteiger partial charge is 0.504 e. The van der Waals surface area contributed by atoms with Crippen LogP contribution in [0.2, 0.25) is 0 Å². The van der Waals surface area contributed by atoms with Gasteiger partial charge in [0.1, 0.15) is 6.61 Å². The molecule has 13 heavy (non-hydrogen) atoms. The van der Waals surface area contributed by atoms with Crippen LogP contribution in [0.5, 0.6) is 11.5 Å². The zero-order chi connectivity index (χ0) is 9.68. The number of benzene rings is 1. The van der Waals surface area contributed by atoms with E-state index < -0.39 is 6.10 Å². The Morgan fingerprint density at radius 1 is 1.38 bits per heavy atom. The summed E-state index contributed by atoms with van der Waals surface area (Å²) >= 11 is 3.11. The summed E-state index contributed by atoms with van der Waals surface area (Å²) in [6.45, 7) is 0.169. The molecule has 1 aromatic carbocycles. The molecule has 0 saturated heterocycles. The molecule has 72 valence electrons. The molecule has 0 aliphatic carbocycles. The Morgan fingerprint density at radius 3 is 2.69 bits per heavy atom. The average molecular weight is 247 g/mol. The maximum atomic E-state index is 9.28. The zero-order valence-electron chi connectivity index (χ0n) is 6.98. The van der Waals surface area contributed by atoms with Gasteiger partial charge in [-0.15, -0.1) is 0 Å². The predicted octanol–water partition coefficient (Wildman–Crippen LogP) is 1.53. The number of aliphatic hydroxyl groups excluding tert-OH is 1. The average Bonchev–Trinajstić information content (AvgIpc) is 2.16. The van der Waals surface area contributed by atoms with Crippen molar-refractivity contribution >= 4 is 15.9 Å². The lowest BCUT2D eigenvalue weighted by molar-refractivity contribution is 0.125. The minimum atomic E-state index is -0.556. The highest BCUT2D eigenvalue weighted by Crippen LogP contribution is 2.24. The Hall–Kier alpha value is -0.740. The molecule has 0 saturated carbocycles. The van der Waals surface area contributed by atoms with E-state index in [0.717, 1.165) is 0 Å². The summed E-state index contributed by atoms with van der Waals surface area (Å²) in [4.78, 5) is 0. The van der Waals surface area contributed by atoms with Crippen molar-refractivity contribution in [3.05, 3.63) is 24.3 Å². The lowest BCUT2D eigenvalue weighted by atomic mass is 10.3. The molecular formula is C9H11BrO3. The Bertz CT molecular complexity index is 265. The van der Waals surface area contributed by atoms with Gasteiger partial charge in [0, 0.05) is 5.33 Å². The highest BCUT2D eigenvalue weighted by Gasteiger charge is 2.04. The van der Waals surface area contributed by atoms with Gasteiger partial charge >= 0.3 is 0 Å². The van der Waals surface area contributed by atoms with Gasteiger partial charge in [-0.2, -0.15) is 0 Å². The lowest BCUT2D eigenvalue weighted by Crippen LogP contribution is -2.18. The van der Waals surface area contributed by atoms with Gasteiger partial charge < -0.3 is 14.9 Å². The third kappa shape index (κ3) is 3.24. The fourth-order valence-electron chi connectivity index (χ4n) is 0.810. The van der Waals surface area contributed by atoms with Gasteiger partial charge in [0.2, 0.25) is 0 Å². The molecule has 1 atom stereocenters. The molecule has 0 bridgehead atoms. The SMILES string of the molecule is Oc1ccccc1OCC(O)CBr. The number of alkyl halides is 1. The van der Waals surface area contributed by atoms with Crippen LogP contribution in [0.4, 0.5) is 0 Å². The summed E-state index contributed by atoms with van der Waals surface area (Å²) in [6.07, 6.45) is -0.556. The number of para-hydroxylation sites is 2. The Kier molecular flexibility index (Phi) is 4.05. The molecule has 2 N–H and O–H groups in total. The molecule has 0 amide bonds. The predicted molar refractivity (Wildman–Crippen MR) is 53.4 cm³/mol. The number of aliphatic hydroxyl groups is 1. The number of rotatable bonds is 4. The minimum absolute atomic E-state index is 0.0873. The number of ether oxygens (including phenoxy) is 1. The molecule has 0 aromatic heterocycles. The van der Waals surface area contributed by atoms with Crippen molar-refractivity contribution in [2.24, 2.45) is 0 Å². The lowest BCUT2D eigenvalue weighted by Gasteiger charge is -2.10. The fraction of sp³-hybridized carbons (Fsp3) is 0.333. The number of hydrogen-bond donors (Lipinski definition) is 2. The first kappa shape index (κ1) is 10.3. The van der Waals surface area contributed by atoms with Gasteiger partial charge in [-0.05, 0) is 12.1 Å². The van der Waals surface area contributed by atoms with Crippen molar-refractivity contribution in [1.82, 2.24) is 0 Å². The quantitative estimate of drug-likeness (QED) is 0.793. The van der Waals surface area contributed by atoms with E-state index in [9.17, 15) is 5.11 Å². The Morgan fingerprint density at radius 2 is 2.08 bits per heavy atom. The second-order valence-electron chi connectivity index (χ2n) is 2.59. The van der Waals surface area contributed by atoms with Crippen molar-refractivity contribution in [2.75, 3.05) is 11.9 Å². The van der Waals surface area contributed by atoms with Gasteiger partial charge in [-0.25, -0.2) is 0 Å². The van der Waals surface area contributed by atoms with Crippen LogP contribution in [0, 0.1) is 0 Å². The topological polar surface area (TPSA) is 49.7 Å². The summed E-state index contributed by atoms with van der Waals surface area (Å²) in [5, 5.41) is 18.9. The molecule has 0 spiro atoms. The van der Waals surface area contributed by atoms with Gasteiger partial charge in [-0.3, -0.25) is 0 Å². The van der Waals surface area contributed by atoms with Crippen molar-refractivity contribution in [1.29, 1.82) is 0 Å². The Labute approximate surface area is 85.1 Å². The maximum Gasteiger partial charge on any atom is 0.161 e. The number of phenols is 1.